The zero-order valence-corrected chi connectivity index (χ0v) is 70.6. The van der Waals surface area contributed by atoms with Crippen LogP contribution in [0.3, 0.4) is 0 Å². The summed E-state index contributed by atoms with van der Waals surface area (Å²) in [6.07, 6.45) is -8.33. The lowest BCUT2D eigenvalue weighted by molar-refractivity contribution is -0.241. The van der Waals surface area contributed by atoms with Gasteiger partial charge < -0.3 is 117 Å². The van der Waals surface area contributed by atoms with Crippen molar-refractivity contribution in [3.63, 3.8) is 0 Å². The number of halogens is 2. The zero-order valence-electron chi connectivity index (χ0n) is 69.1. The number of carboxylic acid groups (broad SMARTS) is 2. The van der Waals surface area contributed by atoms with Crippen molar-refractivity contribution in [3.05, 3.63) is 259 Å². The van der Waals surface area contributed by atoms with E-state index in [1.165, 1.54) is 61.6 Å². The second-order valence-corrected chi connectivity index (χ2v) is 33.1. The number of carbonyl (C=O) groups is 8. The number of hydrogen-bond donors (Lipinski definition) is 18. The third kappa shape index (κ3) is 18.9. The first-order chi connectivity index (χ1) is 62.0. The molecule has 0 spiro atoms. The van der Waals surface area contributed by atoms with Crippen molar-refractivity contribution in [2.75, 3.05) is 33.2 Å². The fraction of sp³-hybridized carbons (Fsp3) is 0.277. The zero-order chi connectivity index (χ0) is 90.9. The monoisotopic (exact) mass is 1800 g/mol. The van der Waals surface area contributed by atoms with E-state index in [2.05, 4.69) is 66.5 Å². The summed E-state index contributed by atoms with van der Waals surface area (Å²) >= 11 is 14.3. The molecule has 0 unspecified atom stereocenters. The topological polar surface area (TPSA) is 488 Å². The second kappa shape index (κ2) is 37.8. The van der Waals surface area contributed by atoms with Gasteiger partial charge in [0.1, 0.15) is 94.8 Å². The Bertz CT molecular complexity index is 6010. The molecule has 6 amide bonds. The molecule has 2 fully saturated rings. The number of carboxylic acids is 2. The number of fused-ring (bicyclic) bond motifs is 14. The van der Waals surface area contributed by atoms with Crippen LogP contribution in [-0.2, 0) is 75.6 Å². The smallest absolute Gasteiger partial charge is 0.335 e. The van der Waals surface area contributed by atoms with Crippen molar-refractivity contribution < 1.29 is 113 Å². The number of ether oxygens (including phenoxy) is 5. The molecule has 8 heterocycles. The van der Waals surface area contributed by atoms with E-state index >= 15 is 24.0 Å². The third-order valence-electron chi connectivity index (χ3n) is 23.8. The molecule has 17 bridgehead atoms. The van der Waals surface area contributed by atoms with Gasteiger partial charge in [0.15, 0.2) is 35.1 Å². The maximum absolute atomic E-state index is 16.8. The lowest BCUT2D eigenvalue weighted by Crippen LogP contribution is -2.65. The SMILES string of the molecule is CCCCc1ccc(CN[C@H]2[C@H](Oc3c4cc5cc3Oc3ccc(cc3Cl)[C@@H](O)[C@@H]3NC(=O)[C@H](NC(=O)[C@@H]5NC(=O)[C@H]5NC(=O)[C@@H](Cc6ccc(cc6)O4)NC(=O)[C@@H](NC)c4ccc(O)c(c4)Oc4cc(O)c(Cl)c5c4)c4ccc(O)c(c4)-c4c(cc(O)c(CN5CCN(Cc6ccc(-c7ccccc7)cc6)CC5)c4O)[C@@H](C(=O)O)NC3=O)O[C@H](C(=O)O)[C@@H](O)[C@@H]2O)cc1. The van der Waals surface area contributed by atoms with E-state index in [0.717, 1.165) is 96.1 Å². The van der Waals surface area contributed by atoms with E-state index in [9.17, 15) is 65.4 Å². The van der Waals surface area contributed by atoms with Crippen LogP contribution in [0.25, 0.3) is 22.3 Å². The summed E-state index contributed by atoms with van der Waals surface area (Å²) < 4.78 is 32.8. The lowest BCUT2D eigenvalue weighted by atomic mass is 9.88. The predicted molar refractivity (Wildman–Crippen MR) is 465 cm³/mol. The number of unbranched alkanes of at least 4 members (excludes halogenated alkanes) is 1. The Morgan fingerprint density at radius 2 is 1.14 bits per heavy atom. The minimum Gasteiger partial charge on any atom is -0.507 e. The van der Waals surface area contributed by atoms with Crippen LogP contribution >= 0.6 is 23.2 Å². The number of aliphatic hydroxyl groups excluding tert-OH is 3. The number of aryl methyl sites for hydroxylation is 1. The quantitative estimate of drug-likeness (QED) is 0.0429. The Kier molecular flexibility index (Phi) is 26.0. The molecule has 35 heteroatoms. The van der Waals surface area contributed by atoms with E-state index in [4.69, 9.17) is 46.9 Å². The molecule has 18 N–H and O–H groups in total. The summed E-state index contributed by atoms with van der Waals surface area (Å²) in [6.45, 7) is 4.22. The van der Waals surface area contributed by atoms with Crippen molar-refractivity contribution in [3.8, 4) is 91.2 Å². The molecular formula is C94H90Cl2N10O23. The average Bonchev–Trinajstić information content (AvgIpc) is 0.753. The van der Waals surface area contributed by atoms with E-state index in [0.29, 0.717) is 43.9 Å². The predicted octanol–water partition coefficient (Wildman–Crippen LogP) is 8.94. The van der Waals surface area contributed by atoms with Gasteiger partial charge in [0, 0.05) is 80.6 Å². The molecule has 0 radical (unpaired) electrons. The number of benzene rings is 10. The molecule has 0 aromatic heterocycles. The van der Waals surface area contributed by atoms with Crippen LogP contribution in [0.5, 0.6) is 69.0 Å². The number of piperazine rings is 1. The largest absolute Gasteiger partial charge is 0.507 e. The maximum atomic E-state index is 16.8. The minimum absolute atomic E-state index is 0.0619. The van der Waals surface area contributed by atoms with E-state index in [-0.39, 0.29) is 64.8 Å². The van der Waals surface area contributed by atoms with Crippen LogP contribution in [0.1, 0.15) is 117 Å². The third-order valence-corrected chi connectivity index (χ3v) is 24.5. The summed E-state index contributed by atoms with van der Waals surface area (Å²) in [5.41, 5.74) is 2.23. The van der Waals surface area contributed by atoms with E-state index < -0.39 is 210 Å². The molecule has 10 aromatic rings. The van der Waals surface area contributed by atoms with Gasteiger partial charge in [-0.15, -0.1) is 0 Å². The first kappa shape index (κ1) is 88.8. The highest BCUT2D eigenvalue weighted by atomic mass is 35.5. The summed E-state index contributed by atoms with van der Waals surface area (Å²) in [5, 5.41) is 140. The lowest BCUT2D eigenvalue weighted by Gasteiger charge is -2.41. The van der Waals surface area contributed by atoms with Gasteiger partial charge >= 0.3 is 11.9 Å². The van der Waals surface area contributed by atoms with Gasteiger partial charge in [-0.2, -0.15) is 0 Å². The number of hydrogen-bond acceptors (Lipinski definition) is 25. The number of nitrogens with one attached hydrogen (secondary N) is 8. The van der Waals surface area contributed by atoms with Crippen molar-refractivity contribution in [1.82, 2.24) is 52.3 Å². The fourth-order valence-corrected chi connectivity index (χ4v) is 17.2. The van der Waals surface area contributed by atoms with Crippen molar-refractivity contribution in [2.24, 2.45) is 0 Å². The number of aromatic hydroxyl groups is 5. The Labute approximate surface area is 747 Å². The van der Waals surface area contributed by atoms with Crippen LogP contribution < -0.4 is 61.5 Å². The van der Waals surface area contributed by atoms with E-state index in [1.54, 1.807) is 0 Å². The Morgan fingerprint density at radius 1 is 0.519 bits per heavy atom. The molecule has 8 aliphatic heterocycles. The first-order valence-corrected chi connectivity index (χ1v) is 42.4. The highest BCUT2D eigenvalue weighted by molar-refractivity contribution is 6.33. The molecule has 18 rings (SSSR count). The van der Waals surface area contributed by atoms with Crippen LogP contribution in [0.2, 0.25) is 10.0 Å². The number of amides is 6. The standard InChI is InChI=1S/C94H90Cl2N10O23/c1-3-4-8-45-11-13-47(14-12-45)42-98-79-82(113)83(114)85(93(123)124)129-94(79)128-84-69-37-54-38-70(84)127-67-28-23-53(35-61(67)95)80(111)78-91(120)103-77(92(121)122)58-41-65(109)60(44-106-31-29-105(30-32-106)43-48-15-19-50(20-16-48)49-9-6-5-7-10-49)81(112)71(58)57-34-51(21-26-63(57)107)74(88(117)104-78)100-89(118)75(54)101-90(119)76-59-39-56(40-66(110)72(59)96)126-68-36-52(22-27-64(68)108)73(97-2)87(116)99-62(86(115)102-76)33-46-17-24-55(125-69)25-18-46/h5-7,9-28,34-41,62,73-80,82-83,85,94,97-98,107-114H,3-4,8,29-33,42-44H2,1-2H3,(H,99,116)(H,100,118)(H,101,119)(H,102,115)(H,103,120)(H,104,117)(H,121,122)(H,123,124)/t62-,73+,74-,75-,76+,77+,78+,79-,80-,82-,83+,85+,94-/m1/s1. The molecule has 13 atom stereocenters. The number of aliphatic hydroxyl groups is 3. The Balaban J connectivity index is 0.864. The molecule has 2 saturated heterocycles. The molecule has 8 aliphatic rings. The average molecular weight is 1800 g/mol. The minimum atomic E-state index is -2.38. The molecular weight excluding hydrogens is 1710 g/mol. The normalized spacial score (nSPS) is 23.1. The van der Waals surface area contributed by atoms with Gasteiger partial charge in [0.25, 0.3) is 0 Å². The number of nitrogens with zero attached hydrogens (tertiary/aromatic N) is 2. The second-order valence-electron chi connectivity index (χ2n) is 32.3. The van der Waals surface area contributed by atoms with Crippen molar-refractivity contribution in [2.45, 2.75) is 131 Å². The highest BCUT2D eigenvalue weighted by Gasteiger charge is 2.50. The fourth-order valence-electron chi connectivity index (χ4n) is 16.8. The van der Waals surface area contributed by atoms with Crippen molar-refractivity contribution >= 4 is 70.6 Å². The molecule has 668 valence electrons. The van der Waals surface area contributed by atoms with Gasteiger partial charge in [-0.05, 0) is 148 Å². The number of likely N-dealkylation sites (N-methyl/N-ethyl adjacent to an activating group) is 1. The summed E-state index contributed by atoms with van der Waals surface area (Å²) in [7, 11) is 1.45. The van der Waals surface area contributed by atoms with E-state index in [1.807, 2.05) is 71.6 Å². The number of phenolic OH excluding ortho intramolecular Hbond substituents is 5. The number of carbonyl (C=O) groups excluding carboxylic acids is 6. The molecule has 0 aliphatic carbocycles. The maximum Gasteiger partial charge on any atom is 0.335 e. The van der Waals surface area contributed by atoms with Gasteiger partial charge in [-0.1, -0.05) is 146 Å². The van der Waals surface area contributed by atoms with Crippen LogP contribution in [-0.4, -0.2) is 184 Å². The number of aliphatic carboxylic acids is 2. The van der Waals surface area contributed by atoms with Crippen LogP contribution in [0.4, 0.5) is 0 Å². The van der Waals surface area contributed by atoms with Gasteiger partial charge in [-0.3, -0.25) is 38.6 Å². The summed E-state index contributed by atoms with van der Waals surface area (Å²) in [6, 6.07) is 31.5. The Hall–Kier alpha value is -13.6. The Morgan fingerprint density at radius 3 is 1.83 bits per heavy atom. The number of rotatable bonds is 16. The first-order valence-electron chi connectivity index (χ1n) is 41.6. The highest BCUT2D eigenvalue weighted by Crippen LogP contribution is 2.51. The summed E-state index contributed by atoms with van der Waals surface area (Å²) in [5.74, 6) is -17.2. The van der Waals surface area contributed by atoms with Gasteiger partial charge in [0.05, 0.1) is 21.7 Å². The van der Waals surface area contributed by atoms with Crippen molar-refractivity contribution in [1.29, 1.82) is 0 Å². The molecule has 0 saturated carbocycles. The number of phenols is 5. The van der Waals surface area contributed by atoms with Crippen LogP contribution in [0, 0.1) is 0 Å². The molecule has 10 aromatic carbocycles. The molecule has 129 heavy (non-hydrogen) atoms. The summed E-state index contributed by atoms with van der Waals surface area (Å²) in [4.78, 5) is 127. The van der Waals surface area contributed by atoms with Crippen LogP contribution in [0.15, 0.2) is 188 Å². The van der Waals surface area contributed by atoms with Gasteiger partial charge in [-0.25, -0.2) is 9.59 Å². The molecule has 33 nitrogen and oxygen atoms in total. The van der Waals surface area contributed by atoms with Gasteiger partial charge in [0.2, 0.25) is 47.5 Å².